The Morgan fingerprint density at radius 2 is 2.26 bits per heavy atom. The lowest BCUT2D eigenvalue weighted by Crippen LogP contribution is -2.41. The first-order chi connectivity index (χ1) is 9.10. The van der Waals surface area contributed by atoms with Crippen molar-refractivity contribution < 1.29 is 23.8 Å². The summed E-state index contributed by atoms with van der Waals surface area (Å²) in [7, 11) is 1.55. The molecular weight excluding hydrogens is 250 g/mol. The molecule has 1 unspecified atom stereocenters. The zero-order valence-corrected chi connectivity index (χ0v) is 11.1. The van der Waals surface area contributed by atoms with E-state index in [2.05, 4.69) is 5.32 Å². The summed E-state index contributed by atoms with van der Waals surface area (Å²) in [5.41, 5.74) is 0.389. The van der Waals surface area contributed by atoms with Crippen molar-refractivity contribution in [2.24, 2.45) is 0 Å². The fraction of sp³-hybridized carbons (Fsp3) is 0.538. The lowest BCUT2D eigenvalue weighted by atomic mass is 10.1. The van der Waals surface area contributed by atoms with Crippen LogP contribution in [0.15, 0.2) is 16.7 Å². The Morgan fingerprint density at radius 1 is 1.53 bits per heavy atom. The monoisotopic (exact) mass is 269 g/mol. The molecule has 6 nitrogen and oxygen atoms in total. The Kier molecular flexibility index (Phi) is 6.08. The fourth-order valence-corrected chi connectivity index (χ4v) is 1.74. The normalized spacial score (nSPS) is 12.1. The van der Waals surface area contributed by atoms with Gasteiger partial charge in [-0.15, -0.1) is 0 Å². The number of aliphatic carboxylic acids is 1. The van der Waals surface area contributed by atoms with Crippen molar-refractivity contribution in [3.63, 3.8) is 0 Å². The Morgan fingerprint density at radius 3 is 2.84 bits per heavy atom. The molecule has 106 valence electrons. The smallest absolute Gasteiger partial charge is 0.326 e. The van der Waals surface area contributed by atoms with Gasteiger partial charge in [-0.25, -0.2) is 4.79 Å². The van der Waals surface area contributed by atoms with Gasteiger partial charge in [0.05, 0.1) is 11.8 Å². The summed E-state index contributed by atoms with van der Waals surface area (Å²) in [5, 5.41) is 11.6. The second kappa shape index (κ2) is 7.58. The first-order valence-electron chi connectivity index (χ1n) is 6.19. The molecule has 1 amide bonds. The van der Waals surface area contributed by atoms with Gasteiger partial charge < -0.3 is 19.6 Å². The first-order valence-corrected chi connectivity index (χ1v) is 6.19. The van der Waals surface area contributed by atoms with Crippen LogP contribution in [0.3, 0.4) is 0 Å². The number of ether oxygens (including phenoxy) is 1. The number of hydrogen-bond donors (Lipinski definition) is 2. The van der Waals surface area contributed by atoms with Crippen molar-refractivity contribution in [1.82, 2.24) is 5.32 Å². The molecule has 1 rings (SSSR count). The molecule has 0 aromatic carbocycles. The maximum atomic E-state index is 12.0. The van der Waals surface area contributed by atoms with E-state index < -0.39 is 17.9 Å². The standard InChI is InChI=1S/C13H19NO5/c1-3-11-9(6-8-19-11)12(15)14-10(13(16)17)5-4-7-18-2/h6,8,10H,3-5,7H2,1-2H3,(H,14,15)(H,16,17). The number of carbonyl (C=O) groups excluding carboxylic acids is 1. The second-order valence-electron chi connectivity index (χ2n) is 4.11. The van der Waals surface area contributed by atoms with Crippen LogP contribution in [0, 0.1) is 0 Å². The molecule has 0 bridgehead atoms. The minimum absolute atomic E-state index is 0.328. The molecule has 0 aliphatic rings. The number of rotatable bonds is 8. The lowest BCUT2D eigenvalue weighted by molar-refractivity contribution is -0.139. The summed E-state index contributed by atoms with van der Waals surface area (Å²) in [6, 6.07) is 0.629. The predicted octanol–water partition coefficient (Wildman–Crippen LogP) is 1.45. The van der Waals surface area contributed by atoms with E-state index >= 15 is 0 Å². The first kappa shape index (κ1) is 15.2. The topological polar surface area (TPSA) is 88.8 Å². The molecule has 0 radical (unpaired) electrons. The third-order valence-electron chi connectivity index (χ3n) is 2.76. The molecule has 0 aliphatic carbocycles. The van der Waals surface area contributed by atoms with Crippen LogP contribution in [0.25, 0.3) is 0 Å². The third-order valence-corrected chi connectivity index (χ3v) is 2.76. The van der Waals surface area contributed by atoms with Crippen molar-refractivity contribution in [1.29, 1.82) is 0 Å². The van der Waals surface area contributed by atoms with Crippen molar-refractivity contribution in [3.05, 3.63) is 23.7 Å². The highest BCUT2D eigenvalue weighted by Crippen LogP contribution is 2.11. The number of carboxylic acid groups (broad SMARTS) is 1. The number of nitrogens with one attached hydrogen (secondary N) is 1. The number of amides is 1. The van der Waals surface area contributed by atoms with E-state index in [-0.39, 0.29) is 0 Å². The molecule has 19 heavy (non-hydrogen) atoms. The summed E-state index contributed by atoms with van der Waals surface area (Å²) in [6.07, 6.45) is 2.90. The summed E-state index contributed by atoms with van der Waals surface area (Å²) in [4.78, 5) is 23.0. The van der Waals surface area contributed by atoms with Gasteiger partial charge in [0, 0.05) is 20.1 Å². The van der Waals surface area contributed by atoms with Gasteiger partial charge in [0.2, 0.25) is 0 Å². The zero-order valence-electron chi connectivity index (χ0n) is 11.1. The van der Waals surface area contributed by atoms with Gasteiger partial charge in [-0.1, -0.05) is 6.92 Å². The van der Waals surface area contributed by atoms with Crippen LogP contribution in [0.2, 0.25) is 0 Å². The van der Waals surface area contributed by atoms with Gasteiger partial charge in [0.25, 0.3) is 5.91 Å². The summed E-state index contributed by atoms with van der Waals surface area (Å²) in [6.45, 7) is 2.33. The molecule has 6 heteroatoms. The van der Waals surface area contributed by atoms with E-state index in [9.17, 15) is 9.59 Å². The molecule has 2 N–H and O–H groups in total. The number of aryl methyl sites for hydroxylation is 1. The number of hydrogen-bond acceptors (Lipinski definition) is 4. The molecule has 0 saturated carbocycles. The number of furan rings is 1. The highest BCUT2D eigenvalue weighted by molar-refractivity contribution is 5.97. The van der Waals surface area contributed by atoms with E-state index in [1.165, 1.54) is 6.26 Å². The van der Waals surface area contributed by atoms with Crippen molar-refractivity contribution in [2.45, 2.75) is 32.2 Å². The molecule has 0 saturated heterocycles. The quantitative estimate of drug-likeness (QED) is 0.697. The van der Waals surface area contributed by atoms with Crippen LogP contribution < -0.4 is 5.32 Å². The van der Waals surface area contributed by atoms with E-state index in [1.54, 1.807) is 13.2 Å². The number of carbonyl (C=O) groups is 2. The summed E-state index contributed by atoms with van der Waals surface area (Å²) < 4.78 is 10.0. The molecule has 1 aromatic heterocycles. The number of carboxylic acids is 1. The van der Waals surface area contributed by atoms with Crippen LogP contribution in [0.5, 0.6) is 0 Å². The minimum Gasteiger partial charge on any atom is -0.480 e. The summed E-state index contributed by atoms with van der Waals surface area (Å²) >= 11 is 0. The predicted molar refractivity (Wildman–Crippen MR) is 68.1 cm³/mol. The highest BCUT2D eigenvalue weighted by Gasteiger charge is 2.22. The Hall–Kier alpha value is -1.82. The molecule has 1 atom stereocenters. The van der Waals surface area contributed by atoms with Gasteiger partial charge in [-0.3, -0.25) is 4.79 Å². The maximum absolute atomic E-state index is 12.0. The summed E-state index contributed by atoms with van der Waals surface area (Å²) in [5.74, 6) is -0.917. The Balaban J connectivity index is 2.63. The average Bonchev–Trinajstić information content (AvgIpc) is 2.85. The van der Waals surface area contributed by atoms with Gasteiger partial charge in [-0.05, 0) is 18.9 Å². The highest BCUT2D eigenvalue weighted by atomic mass is 16.5. The Labute approximate surface area is 111 Å². The van der Waals surface area contributed by atoms with E-state index in [1.807, 2.05) is 6.92 Å². The molecule has 1 aromatic rings. The Bertz CT molecular complexity index is 426. The molecule has 1 heterocycles. The SMILES string of the molecule is CCc1occc1C(=O)NC(CCCOC)C(=O)O. The van der Waals surface area contributed by atoms with Crippen molar-refractivity contribution in [2.75, 3.05) is 13.7 Å². The van der Waals surface area contributed by atoms with Crippen LogP contribution in [-0.4, -0.2) is 36.7 Å². The van der Waals surface area contributed by atoms with Crippen molar-refractivity contribution in [3.8, 4) is 0 Å². The average molecular weight is 269 g/mol. The molecular formula is C13H19NO5. The molecule has 0 spiro atoms. The van der Waals surface area contributed by atoms with Gasteiger partial charge in [-0.2, -0.15) is 0 Å². The molecule has 0 fully saturated rings. The van der Waals surface area contributed by atoms with Gasteiger partial charge in [0.15, 0.2) is 0 Å². The van der Waals surface area contributed by atoms with E-state index in [0.29, 0.717) is 37.2 Å². The maximum Gasteiger partial charge on any atom is 0.326 e. The zero-order chi connectivity index (χ0) is 14.3. The van der Waals surface area contributed by atoms with E-state index in [4.69, 9.17) is 14.3 Å². The number of methoxy groups -OCH3 is 1. The van der Waals surface area contributed by atoms with Gasteiger partial charge >= 0.3 is 5.97 Å². The van der Waals surface area contributed by atoms with Crippen LogP contribution in [0.1, 0.15) is 35.9 Å². The largest absolute Gasteiger partial charge is 0.480 e. The van der Waals surface area contributed by atoms with Crippen LogP contribution >= 0.6 is 0 Å². The van der Waals surface area contributed by atoms with Crippen LogP contribution in [-0.2, 0) is 16.0 Å². The lowest BCUT2D eigenvalue weighted by Gasteiger charge is -2.14. The second-order valence-corrected chi connectivity index (χ2v) is 4.11. The van der Waals surface area contributed by atoms with Crippen molar-refractivity contribution >= 4 is 11.9 Å². The van der Waals surface area contributed by atoms with E-state index in [0.717, 1.165) is 0 Å². The molecule has 0 aliphatic heterocycles. The van der Waals surface area contributed by atoms with Crippen LogP contribution in [0.4, 0.5) is 0 Å². The minimum atomic E-state index is -1.05. The van der Waals surface area contributed by atoms with Gasteiger partial charge in [0.1, 0.15) is 11.8 Å². The fourth-order valence-electron chi connectivity index (χ4n) is 1.74. The third kappa shape index (κ3) is 4.40.